The number of nitrogens with two attached hydrogens (primary N) is 1. The highest BCUT2D eigenvalue weighted by Crippen LogP contribution is 2.61. The number of esters is 1. The summed E-state index contributed by atoms with van der Waals surface area (Å²) in [7, 11) is 0. The van der Waals surface area contributed by atoms with Crippen LogP contribution >= 0.6 is 23.2 Å². The number of nitrogens with zero attached hydrogens (tertiary/aromatic N) is 3. The zero-order valence-electron chi connectivity index (χ0n) is 25.3. The van der Waals surface area contributed by atoms with Gasteiger partial charge in [-0.1, -0.05) is 29.7 Å². The lowest BCUT2D eigenvalue weighted by molar-refractivity contribution is -0.156. The van der Waals surface area contributed by atoms with Gasteiger partial charge in [0.1, 0.15) is 24.3 Å². The molecule has 3 atom stereocenters. The van der Waals surface area contributed by atoms with Crippen LogP contribution < -0.4 is 5.73 Å². The van der Waals surface area contributed by atoms with Crippen LogP contribution in [0.3, 0.4) is 0 Å². The van der Waals surface area contributed by atoms with E-state index >= 15 is 0 Å². The Balaban J connectivity index is 1.05. The Kier molecular flexibility index (Phi) is 8.28. The molecular formula is C34H36Cl2N4O6. The van der Waals surface area contributed by atoms with E-state index in [1.165, 1.54) is 38.5 Å². The predicted octanol–water partition coefficient (Wildman–Crippen LogP) is 6.53. The number of aromatic nitrogens is 3. The summed E-state index contributed by atoms with van der Waals surface area (Å²) in [5.74, 6) is 4.73. The van der Waals surface area contributed by atoms with E-state index in [9.17, 15) is 9.59 Å². The van der Waals surface area contributed by atoms with Gasteiger partial charge in [0, 0.05) is 17.6 Å². The van der Waals surface area contributed by atoms with Crippen LogP contribution in [0.25, 0.3) is 11.0 Å². The standard InChI is InChI=1S/C34H36Cl2N4O6/c1-2-34(19-44-28(41)14-20-3-5-24(35)6-4-20)26(15-27(46-34)40-9-7-25-29(37)38-31(36)39-30(25)40)45-32(42)43-10-8-33-16-21-11-22(17-33)13-23(12-21)18-33/h1,3-7,9,21-23,26-27H,8,10-19H2,(H2,37,38,39)/t21?,22?,23?,26-,27+,33?,34+/m0/s1. The van der Waals surface area contributed by atoms with Gasteiger partial charge in [0.05, 0.1) is 18.4 Å². The number of ether oxygens (including phenoxy) is 4. The van der Waals surface area contributed by atoms with Gasteiger partial charge < -0.3 is 29.2 Å². The van der Waals surface area contributed by atoms with Crippen molar-refractivity contribution in [3.63, 3.8) is 0 Å². The number of benzene rings is 1. The van der Waals surface area contributed by atoms with Crippen molar-refractivity contribution in [3.05, 3.63) is 52.4 Å². The van der Waals surface area contributed by atoms with Crippen LogP contribution in [0.1, 0.15) is 63.2 Å². The van der Waals surface area contributed by atoms with Crippen LogP contribution in [0, 0.1) is 35.5 Å². The molecule has 3 aromatic rings. The van der Waals surface area contributed by atoms with E-state index in [1.807, 2.05) is 0 Å². The Bertz CT molecular complexity index is 1650. The van der Waals surface area contributed by atoms with Crippen LogP contribution in [-0.4, -0.2) is 51.6 Å². The molecule has 3 heterocycles. The summed E-state index contributed by atoms with van der Waals surface area (Å²) in [6.45, 7) is -0.0766. The summed E-state index contributed by atoms with van der Waals surface area (Å²) in [5, 5.41) is 1.10. The summed E-state index contributed by atoms with van der Waals surface area (Å²) >= 11 is 12.1. The molecule has 1 aromatic carbocycles. The summed E-state index contributed by atoms with van der Waals surface area (Å²) in [5.41, 5.74) is 5.87. The average Bonchev–Trinajstić information content (AvgIpc) is 3.58. The molecule has 2 N–H and O–H groups in total. The SMILES string of the molecule is C#C[C@]1(COC(=O)Cc2ccc(Cl)cc2)O[C@@H](n2ccc3c(N)nc(Cl)nc32)C[C@@H]1OC(=O)OCCC12CC3CC(CC(C3)C1)C2. The molecule has 1 saturated heterocycles. The van der Waals surface area contributed by atoms with E-state index in [-0.39, 0.29) is 42.6 Å². The van der Waals surface area contributed by atoms with Crippen molar-refractivity contribution in [2.45, 2.75) is 75.7 Å². The fourth-order valence-electron chi connectivity index (χ4n) is 8.72. The molecule has 4 bridgehead atoms. The highest BCUT2D eigenvalue weighted by atomic mass is 35.5. The number of fused-ring (bicyclic) bond motifs is 1. The third kappa shape index (κ3) is 6.13. The van der Waals surface area contributed by atoms with Gasteiger partial charge in [0.2, 0.25) is 10.9 Å². The monoisotopic (exact) mass is 666 g/mol. The van der Waals surface area contributed by atoms with Crippen molar-refractivity contribution in [1.29, 1.82) is 0 Å². The van der Waals surface area contributed by atoms with Gasteiger partial charge in [-0.05, 0) is 103 Å². The molecule has 46 heavy (non-hydrogen) atoms. The number of hydrogen-bond acceptors (Lipinski definition) is 9. The van der Waals surface area contributed by atoms with Crippen molar-refractivity contribution < 1.29 is 28.5 Å². The maximum absolute atomic E-state index is 13.1. The molecule has 1 aliphatic heterocycles. The molecule has 0 radical (unpaired) electrons. The Morgan fingerprint density at radius 3 is 2.39 bits per heavy atom. The van der Waals surface area contributed by atoms with E-state index in [1.54, 1.807) is 41.1 Å². The van der Waals surface area contributed by atoms with Crippen LogP contribution in [0.15, 0.2) is 36.5 Å². The van der Waals surface area contributed by atoms with Crippen molar-refractivity contribution >= 4 is 52.2 Å². The van der Waals surface area contributed by atoms with Crippen LogP contribution in [-0.2, 0) is 30.2 Å². The number of carbonyl (C=O) groups excluding carboxylic acids is 2. The number of halogens is 2. The van der Waals surface area contributed by atoms with Crippen LogP contribution in [0.2, 0.25) is 10.3 Å². The lowest BCUT2D eigenvalue weighted by Crippen LogP contribution is -2.47. The molecule has 0 unspecified atom stereocenters. The minimum Gasteiger partial charge on any atom is -0.461 e. The number of hydrogen-bond donors (Lipinski definition) is 1. The fourth-order valence-corrected chi connectivity index (χ4v) is 9.01. The topological polar surface area (TPSA) is 128 Å². The molecule has 4 saturated carbocycles. The fraction of sp³-hybridized carbons (Fsp3) is 0.529. The molecule has 0 spiro atoms. The Labute approximate surface area is 277 Å². The minimum atomic E-state index is -1.60. The van der Waals surface area contributed by atoms with Gasteiger partial charge in [0.15, 0.2) is 6.10 Å². The van der Waals surface area contributed by atoms with E-state index < -0.39 is 30.1 Å². The number of carbonyl (C=O) groups is 2. The van der Waals surface area contributed by atoms with Gasteiger partial charge in [-0.2, -0.15) is 4.98 Å². The molecular weight excluding hydrogens is 631 g/mol. The average molecular weight is 668 g/mol. The quantitative estimate of drug-likeness (QED) is 0.154. The zero-order valence-corrected chi connectivity index (χ0v) is 26.8. The zero-order chi connectivity index (χ0) is 32.1. The minimum absolute atomic E-state index is 0.00390. The van der Waals surface area contributed by atoms with E-state index in [4.69, 9.17) is 54.3 Å². The van der Waals surface area contributed by atoms with E-state index in [2.05, 4.69) is 15.9 Å². The second kappa shape index (κ2) is 12.3. The maximum Gasteiger partial charge on any atom is 0.508 e. The summed E-state index contributed by atoms with van der Waals surface area (Å²) < 4.78 is 25.2. The van der Waals surface area contributed by atoms with E-state index in [0.29, 0.717) is 16.1 Å². The lowest BCUT2D eigenvalue weighted by Gasteiger charge is -2.57. The first-order valence-electron chi connectivity index (χ1n) is 15.8. The summed E-state index contributed by atoms with van der Waals surface area (Å²) in [6, 6.07) is 8.61. The number of terminal acetylenes is 1. The summed E-state index contributed by atoms with van der Waals surface area (Å²) in [4.78, 5) is 34.3. The van der Waals surface area contributed by atoms with Gasteiger partial charge >= 0.3 is 12.1 Å². The van der Waals surface area contributed by atoms with Crippen molar-refractivity contribution in [2.24, 2.45) is 23.2 Å². The smallest absolute Gasteiger partial charge is 0.461 e. The number of anilines is 1. The Hall–Kier alpha value is -3.52. The molecule has 12 heteroatoms. The first kappa shape index (κ1) is 31.1. The molecule has 242 valence electrons. The molecule has 8 rings (SSSR count). The maximum atomic E-state index is 13.1. The van der Waals surface area contributed by atoms with Crippen molar-refractivity contribution in [3.8, 4) is 12.3 Å². The molecule has 10 nitrogen and oxygen atoms in total. The third-order valence-electron chi connectivity index (χ3n) is 10.4. The predicted molar refractivity (Wildman–Crippen MR) is 171 cm³/mol. The van der Waals surface area contributed by atoms with Crippen molar-refractivity contribution in [2.75, 3.05) is 18.9 Å². The van der Waals surface area contributed by atoms with Gasteiger partial charge in [-0.3, -0.25) is 4.79 Å². The number of rotatable bonds is 9. The van der Waals surface area contributed by atoms with Gasteiger partial charge in [-0.25, -0.2) is 9.78 Å². The first-order valence-corrected chi connectivity index (χ1v) is 16.6. The molecule has 2 aromatic heterocycles. The Morgan fingerprint density at radius 2 is 1.72 bits per heavy atom. The van der Waals surface area contributed by atoms with Gasteiger partial charge in [0.25, 0.3) is 0 Å². The first-order chi connectivity index (χ1) is 22.1. The molecule has 0 amide bonds. The van der Waals surface area contributed by atoms with Crippen molar-refractivity contribution in [1.82, 2.24) is 14.5 Å². The van der Waals surface area contributed by atoms with Crippen LogP contribution in [0.4, 0.5) is 10.6 Å². The largest absolute Gasteiger partial charge is 0.508 e. The number of nitrogen functional groups attached to an aromatic ring is 1. The second-order valence-corrected chi connectivity index (χ2v) is 14.3. The van der Waals surface area contributed by atoms with Crippen LogP contribution in [0.5, 0.6) is 0 Å². The third-order valence-corrected chi connectivity index (χ3v) is 10.8. The Morgan fingerprint density at radius 1 is 1.02 bits per heavy atom. The van der Waals surface area contributed by atoms with E-state index in [0.717, 1.165) is 29.7 Å². The molecule has 5 fully saturated rings. The second-order valence-electron chi connectivity index (χ2n) is 13.5. The summed E-state index contributed by atoms with van der Waals surface area (Å²) in [6.07, 6.45) is 13.9. The van der Waals surface area contributed by atoms with Gasteiger partial charge in [-0.15, -0.1) is 6.42 Å². The molecule has 4 aliphatic carbocycles. The molecule has 5 aliphatic rings. The normalized spacial score (nSPS) is 31.1. The highest BCUT2D eigenvalue weighted by Gasteiger charge is 2.53. The lowest BCUT2D eigenvalue weighted by atomic mass is 9.49. The highest BCUT2D eigenvalue weighted by molar-refractivity contribution is 6.30.